The molecule has 1 aromatic heterocycles. The average Bonchev–Trinajstić information content (AvgIpc) is 2.62. The molecule has 0 aliphatic heterocycles. The molecule has 0 N–H and O–H groups in total. The maximum atomic E-state index is 3.72. The average molecular weight is 490 g/mol. The van der Waals surface area contributed by atoms with E-state index in [0.717, 1.165) is 12.7 Å². The van der Waals surface area contributed by atoms with Crippen LogP contribution >= 0.6 is 75.1 Å². The first-order valence-corrected chi connectivity index (χ1v) is 8.52. The fourth-order valence-corrected chi connectivity index (χ4v) is 4.81. The van der Waals surface area contributed by atoms with Crippen LogP contribution in [-0.4, -0.2) is 0 Å². The molecule has 1 aromatic carbocycles. The number of hydrogen-bond donors (Lipinski definition) is 0. The number of alkyl halides is 1. The van der Waals surface area contributed by atoms with E-state index in [1.807, 2.05) is 6.07 Å². The van der Waals surface area contributed by atoms with Crippen LogP contribution in [0.1, 0.15) is 15.3 Å². The highest BCUT2D eigenvalue weighted by atomic mass is 79.9. The third-order valence-corrected chi connectivity index (χ3v) is 5.95. The summed E-state index contributed by atoms with van der Waals surface area (Å²) in [5.74, 6) is 0. The van der Waals surface area contributed by atoms with Crippen molar-refractivity contribution >= 4 is 75.1 Å². The Morgan fingerprint density at radius 2 is 1.56 bits per heavy atom. The quantitative estimate of drug-likeness (QED) is 0.421. The van der Waals surface area contributed by atoms with Crippen LogP contribution in [0.3, 0.4) is 0 Å². The summed E-state index contributed by atoms with van der Waals surface area (Å²) in [4.78, 5) is 1.52. The van der Waals surface area contributed by atoms with Crippen LogP contribution in [0.25, 0.3) is 0 Å². The molecule has 0 aliphatic carbocycles. The van der Waals surface area contributed by atoms with Crippen molar-refractivity contribution in [3.05, 3.63) is 53.5 Å². The first-order valence-electron chi connectivity index (χ1n) is 4.41. The smallest absolute Gasteiger partial charge is 0.0739 e. The first kappa shape index (κ1) is 13.3. The number of hydrogen-bond acceptors (Lipinski definition) is 1. The van der Waals surface area contributed by atoms with Crippen molar-refractivity contribution in [1.82, 2.24) is 0 Å². The van der Waals surface area contributed by atoms with Gasteiger partial charge in [-0.2, -0.15) is 0 Å². The van der Waals surface area contributed by atoms with Gasteiger partial charge in [0.25, 0.3) is 0 Å². The van der Waals surface area contributed by atoms with Crippen LogP contribution in [0.15, 0.2) is 43.1 Å². The number of thiophene rings is 1. The van der Waals surface area contributed by atoms with Gasteiger partial charge in [-0.05, 0) is 51.8 Å². The number of benzene rings is 1. The second-order valence-electron chi connectivity index (χ2n) is 3.21. The predicted molar refractivity (Wildman–Crippen MR) is 84.6 cm³/mol. The second-order valence-corrected chi connectivity index (χ2v) is 8.45. The molecule has 0 saturated carbocycles. The Morgan fingerprint density at radius 1 is 0.938 bits per heavy atom. The standard InChI is InChI=1S/C11H6Br4S/c12-7-3-6(4-8(13)5-7)11(15)9-1-2-10(14)16-9/h1-5,11H. The van der Waals surface area contributed by atoms with Gasteiger partial charge in [-0.15, -0.1) is 11.3 Å². The summed E-state index contributed by atoms with van der Waals surface area (Å²) in [5, 5.41) is 0. The van der Waals surface area contributed by atoms with Crippen LogP contribution in [0.2, 0.25) is 0 Å². The SMILES string of the molecule is Brc1cc(Br)cc(C(Br)c2ccc(Br)s2)c1. The molecule has 0 spiro atoms. The first-order chi connectivity index (χ1) is 7.56. The van der Waals surface area contributed by atoms with Crippen LogP contribution in [0.5, 0.6) is 0 Å². The van der Waals surface area contributed by atoms with Crippen molar-refractivity contribution in [3.63, 3.8) is 0 Å². The van der Waals surface area contributed by atoms with Crippen molar-refractivity contribution in [3.8, 4) is 0 Å². The molecular formula is C11H6Br4S. The van der Waals surface area contributed by atoms with Crippen molar-refractivity contribution < 1.29 is 0 Å². The van der Waals surface area contributed by atoms with Gasteiger partial charge in [-0.1, -0.05) is 47.8 Å². The molecular weight excluding hydrogens is 484 g/mol. The molecule has 0 radical (unpaired) electrons. The molecule has 0 nitrogen and oxygen atoms in total. The van der Waals surface area contributed by atoms with E-state index in [1.54, 1.807) is 11.3 Å². The maximum absolute atomic E-state index is 3.72. The summed E-state index contributed by atoms with van der Waals surface area (Å²) < 4.78 is 3.31. The number of rotatable bonds is 2. The Balaban J connectivity index is 2.37. The predicted octanol–water partition coefficient (Wildman–Crippen LogP) is 6.52. The van der Waals surface area contributed by atoms with Gasteiger partial charge in [-0.25, -0.2) is 0 Å². The summed E-state index contributed by atoms with van der Waals surface area (Å²) in [6.07, 6.45) is 0. The lowest BCUT2D eigenvalue weighted by atomic mass is 10.1. The van der Waals surface area contributed by atoms with Gasteiger partial charge in [0, 0.05) is 13.8 Å². The van der Waals surface area contributed by atoms with Crippen molar-refractivity contribution in [2.24, 2.45) is 0 Å². The summed E-state index contributed by atoms with van der Waals surface area (Å²) in [7, 11) is 0. The molecule has 1 unspecified atom stereocenters. The highest BCUT2D eigenvalue weighted by Crippen LogP contribution is 2.38. The summed E-state index contributed by atoms with van der Waals surface area (Å²) in [6, 6.07) is 10.5. The van der Waals surface area contributed by atoms with Crippen LogP contribution < -0.4 is 0 Å². The van der Waals surface area contributed by atoms with E-state index in [2.05, 4.69) is 88.0 Å². The summed E-state index contributed by atoms with van der Waals surface area (Å²) in [5.41, 5.74) is 1.23. The van der Waals surface area contributed by atoms with Crippen molar-refractivity contribution in [1.29, 1.82) is 0 Å². The molecule has 2 aromatic rings. The zero-order valence-corrected chi connectivity index (χ0v) is 15.0. The molecule has 84 valence electrons. The third-order valence-electron chi connectivity index (χ3n) is 2.02. The van der Waals surface area contributed by atoms with E-state index in [1.165, 1.54) is 10.4 Å². The Labute approximate surface area is 132 Å². The van der Waals surface area contributed by atoms with Crippen LogP contribution in [-0.2, 0) is 0 Å². The fourth-order valence-electron chi connectivity index (χ4n) is 1.35. The van der Waals surface area contributed by atoms with Crippen LogP contribution in [0, 0.1) is 0 Å². The topological polar surface area (TPSA) is 0 Å². The molecule has 0 fully saturated rings. The summed E-state index contributed by atoms with van der Waals surface area (Å²) in [6.45, 7) is 0. The Kier molecular flexibility index (Phi) is 4.69. The molecule has 0 saturated heterocycles. The monoisotopic (exact) mass is 486 g/mol. The van der Waals surface area contributed by atoms with E-state index < -0.39 is 0 Å². The normalized spacial score (nSPS) is 12.8. The van der Waals surface area contributed by atoms with E-state index in [-0.39, 0.29) is 4.83 Å². The van der Waals surface area contributed by atoms with E-state index in [0.29, 0.717) is 0 Å². The third kappa shape index (κ3) is 3.19. The van der Waals surface area contributed by atoms with Gasteiger partial charge >= 0.3 is 0 Å². The minimum atomic E-state index is 0.234. The summed E-state index contributed by atoms with van der Waals surface area (Å²) >= 11 is 16.0. The van der Waals surface area contributed by atoms with E-state index in [9.17, 15) is 0 Å². The molecule has 0 amide bonds. The highest BCUT2D eigenvalue weighted by Gasteiger charge is 2.13. The molecule has 1 heterocycles. The molecule has 1 atom stereocenters. The minimum absolute atomic E-state index is 0.234. The van der Waals surface area contributed by atoms with Crippen molar-refractivity contribution in [2.45, 2.75) is 4.83 Å². The molecule has 0 bridgehead atoms. The Hall–Kier alpha value is 0.840. The van der Waals surface area contributed by atoms with E-state index >= 15 is 0 Å². The van der Waals surface area contributed by atoms with E-state index in [4.69, 9.17) is 0 Å². The molecule has 5 heteroatoms. The zero-order valence-electron chi connectivity index (χ0n) is 7.88. The number of halogens is 4. The fraction of sp³-hybridized carbons (Fsp3) is 0.0909. The van der Waals surface area contributed by atoms with Gasteiger partial charge in [0.05, 0.1) is 8.61 Å². The van der Waals surface area contributed by atoms with Gasteiger partial charge in [0.15, 0.2) is 0 Å². The largest absolute Gasteiger partial charge is 0.132 e. The van der Waals surface area contributed by atoms with Gasteiger partial charge in [0.1, 0.15) is 0 Å². The molecule has 0 aliphatic rings. The molecule has 2 rings (SSSR count). The minimum Gasteiger partial charge on any atom is -0.132 e. The highest BCUT2D eigenvalue weighted by molar-refractivity contribution is 9.11. The lowest BCUT2D eigenvalue weighted by molar-refractivity contribution is 1.21. The Morgan fingerprint density at radius 3 is 2.06 bits per heavy atom. The lowest BCUT2D eigenvalue weighted by Crippen LogP contribution is -1.89. The second kappa shape index (κ2) is 5.65. The van der Waals surface area contributed by atoms with Gasteiger partial charge in [-0.3, -0.25) is 0 Å². The maximum Gasteiger partial charge on any atom is 0.0739 e. The Bertz CT molecular complexity index is 486. The van der Waals surface area contributed by atoms with Gasteiger partial charge in [0.2, 0.25) is 0 Å². The van der Waals surface area contributed by atoms with Gasteiger partial charge < -0.3 is 0 Å². The van der Waals surface area contributed by atoms with Crippen molar-refractivity contribution in [2.75, 3.05) is 0 Å². The van der Waals surface area contributed by atoms with Crippen LogP contribution in [0.4, 0.5) is 0 Å². The zero-order chi connectivity index (χ0) is 11.7. The molecule has 16 heavy (non-hydrogen) atoms. The lowest BCUT2D eigenvalue weighted by Gasteiger charge is -2.09.